The Hall–Kier alpha value is -2.63. The highest BCUT2D eigenvalue weighted by Gasteiger charge is 2.73. The van der Waals surface area contributed by atoms with Gasteiger partial charge in [0.1, 0.15) is 6.61 Å². The normalized spacial score (nSPS) is 15.9. The molecule has 1 aromatic carbocycles. The van der Waals surface area contributed by atoms with E-state index in [0.29, 0.717) is 7.11 Å². The molecule has 0 bridgehead atoms. The van der Waals surface area contributed by atoms with Crippen LogP contribution in [0.15, 0.2) is 36.7 Å². The lowest BCUT2D eigenvalue weighted by atomic mass is 9.81. The van der Waals surface area contributed by atoms with Crippen LogP contribution in [0.25, 0.3) is 0 Å². The third kappa shape index (κ3) is 3.93. The van der Waals surface area contributed by atoms with E-state index in [4.69, 9.17) is 16.3 Å². The van der Waals surface area contributed by atoms with E-state index in [1.54, 1.807) is 0 Å². The van der Waals surface area contributed by atoms with Gasteiger partial charge in [0.25, 0.3) is 5.60 Å². The van der Waals surface area contributed by atoms with Gasteiger partial charge in [0.15, 0.2) is 5.82 Å². The van der Waals surface area contributed by atoms with Crippen molar-refractivity contribution < 1.29 is 42.4 Å². The van der Waals surface area contributed by atoms with Crippen molar-refractivity contribution in [2.75, 3.05) is 13.7 Å². The molecule has 2 unspecified atom stereocenters. The standard InChI is InChI=1S/C17H16ClF3N2O6/c1-23-7-6-22-13(23)16(27,17(19,20)21)15(26,14(25)28-2)9-29-12(24)10-4-3-5-11(18)8-10/h3-8,26-27H,9H2,1-2H3. The van der Waals surface area contributed by atoms with Crippen LogP contribution in [0.4, 0.5) is 13.2 Å². The van der Waals surface area contributed by atoms with Crippen molar-refractivity contribution in [1.82, 2.24) is 9.55 Å². The van der Waals surface area contributed by atoms with Gasteiger partial charge in [0, 0.05) is 24.5 Å². The number of carbonyl (C=O) groups excluding carboxylic acids is 2. The highest BCUT2D eigenvalue weighted by molar-refractivity contribution is 6.30. The molecule has 2 atom stereocenters. The predicted molar refractivity (Wildman–Crippen MR) is 91.9 cm³/mol. The average Bonchev–Trinajstić information content (AvgIpc) is 3.09. The summed E-state index contributed by atoms with van der Waals surface area (Å²) in [6.45, 7) is -1.59. The quantitative estimate of drug-likeness (QED) is 0.661. The largest absolute Gasteiger partial charge is 0.467 e. The third-order valence-electron chi connectivity index (χ3n) is 4.15. The molecule has 0 fully saturated rings. The Bertz CT molecular complexity index is 919. The van der Waals surface area contributed by atoms with Gasteiger partial charge in [-0.25, -0.2) is 14.6 Å². The van der Waals surface area contributed by atoms with Crippen molar-refractivity contribution in [3.8, 4) is 0 Å². The molecule has 2 N–H and O–H groups in total. The number of benzene rings is 1. The Morgan fingerprint density at radius 3 is 2.41 bits per heavy atom. The number of nitrogens with zero attached hydrogens (tertiary/aromatic N) is 2. The summed E-state index contributed by atoms with van der Waals surface area (Å²) in [6.07, 6.45) is -3.64. The van der Waals surface area contributed by atoms with Crippen LogP contribution in [-0.4, -0.2) is 57.2 Å². The summed E-state index contributed by atoms with van der Waals surface area (Å²) in [6, 6.07) is 5.23. The number of alkyl halides is 3. The summed E-state index contributed by atoms with van der Waals surface area (Å²) in [7, 11) is 1.80. The molecule has 0 saturated heterocycles. The molecule has 158 valence electrons. The Morgan fingerprint density at radius 2 is 1.93 bits per heavy atom. The van der Waals surface area contributed by atoms with E-state index in [-0.39, 0.29) is 10.6 Å². The maximum absolute atomic E-state index is 13.9. The van der Waals surface area contributed by atoms with Crippen LogP contribution in [-0.2, 0) is 26.9 Å². The van der Waals surface area contributed by atoms with E-state index >= 15 is 0 Å². The van der Waals surface area contributed by atoms with Crippen LogP contribution >= 0.6 is 11.6 Å². The van der Waals surface area contributed by atoms with Gasteiger partial charge in [-0.3, -0.25) is 0 Å². The molecule has 29 heavy (non-hydrogen) atoms. The van der Waals surface area contributed by atoms with Crippen LogP contribution in [0.2, 0.25) is 5.02 Å². The van der Waals surface area contributed by atoms with Crippen LogP contribution in [0.1, 0.15) is 16.2 Å². The number of rotatable bonds is 6. The van der Waals surface area contributed by atoms with E-state index in [9.17, 15) is 33.0 Å². The summed E-state index contributed by atoms with van der Waals surface area (Å²) in [5.41, 5.74) is -8.19. The van der Waals surface area contributed by atoms with E-state index < -0.39 is 41.7 Å². The smallest absolute Gasteiger partial charge is 0.428 e. The number of aromatic nitrogens is 2. The number of carbonyl (C=O) groups is 2. The minimum atomic E-state index is -5.61. The van der Waals surface area contributed by atoms with Gasteiger partial charge in [-0.2, -0.15) is 13.2 Å². The first-order chi connectivity index (χ1) is 13.4. The summed E-state index contributed by atoms with van der Waals surface area (Å²) in [5.74, 6) is -4.20. The topological polar surface area (TPSA) is 111 Å². The molecular weight excluding hydrogens is 421 g/mol. The van der Waals surface area contributed by atoms with Crippen LogP contribution in [0.5, 0.6) is 0 Å². The summed E-state index contributed by atoms with van der Waals surface area (Å²) >= 11 is 5.74. The molecule has 12 heteroatoms. The maximum Gasteiger partial charge on any atom is 0.428 e. The number of aliphatic hydroxyl groups is 2. The molecule has 0 radical (unpaired) electrons. The van der Waals surface area contributed by atoms with Crippen molar-refractivity contribution in [2.45, 2.75) is 17.4 Å². The number of imidazole rings is 1. The Labute approximate surface area is 167 Å². The predicted octanol–water partition coefficient (Wildman–Crippen LogP) is 1.58. The molecule has 0 spiro atoms. The SMILES string of the molecule is COC(=O)C(O)(COC(=O)c1cccc(Cl)c1)C(O)(c1nccn1C)C(F)(F)F. The zero-order valence-electron chi connectivity index (χ0n) is 15.1. The second-order valence-electron chi connectivity index (χ2n) is 6.01. The average molecular weight is 437 g/mol. The van der Waals surface area contributed by atoms with Gasteiger partial charge >= 0.3 is 18.1 Å². The summed E-state index contributed by atoms with van der Waals surface area (Å²) in [4.78, 5) is 27.7. The number of esters is 2. The molecular formula is C17H16ClF3N2O6. The first-order valence-electron chi connectivity index (χ1n) is 7.89. The fourth-order valence-electron chi connectivity index (χ4n) is 2.61. The molecule has 2 rings (SSSR count). The van der Waals surface area contributed by atoms with Crippen molar-refractivity contribution in [3.63, 3.8) is 0 Å². The van der Waals surface area contributed by atoms with Gasteiger partial charge < -0.3 is 24.3 Å². The fourth-order valence-corrected chi connectivity index (χ4v) is 2.80. The number of aryl methyl sites for hydroxylation is 1. The first-order valence-corrected chi connectivity index (χ1v) is 8.26. The second kappa shape index (κ2) is 8.01. The van der Waals surface area contributed by atoms with E-state index in [1.165, 1.54) is 18.2 Å². The maximum atomic E-state index is 13.9. The molecule has 0 saturated carbocycles. The van der Waals surface area contributed by atoms with Crippen LogP contribution < -0.4 is 0 Å². The Kier molecular flexibility index (Phi) is 6.26. The molecule has 8 nitrogen and oxygen atoms in total. The monoisotopic (exact) mass is 436 g/mol. The van der Waals surface area contributed by atoms with Crippen molar-refractivity contribution >= 4 is 23.5 Å². The highest BCUT2D eigenvalue weighted by atomic mass is 35.5. The summed E-state index contributed by atoms with van der Waals surface area (Å²) < 4.78 is 51.4. The molecule has 0 aliphatic carbocycles. The Balaban J connectivity index is 2.51. The zero-order chi connectivity index (χ0) is 22.0. The van der Waals surface area contributed by atoms with Crippen molar-refractivity contribution in [2.24, 2.45) is 7.05 Å². The van der Waals surface area contributed by atoms with E-state index in [1.807, 2.05) is 0 Å². The van der Waals surface area contributed by atoms with Gasteiger partial charge in [-0.15, -0.1) is 0 Å². The fraction of sp³-hybridized carbons (Fsp3) is 0.353. The van der Waals surface area contributed by atoms with E-state index in [0.717, 1.165) is 30.1 Å². The number of halogens is 4. The lowest BCUT2D eigenvalue weighted by molar-refractivity contribution is -0.330. The number of ether oxygens (including phenoxy) is 2. The first kappa shape index (κ1) is 22.7. The lowest BCUT2D eigenvalue weighted by Crippen LogP contribution is -2.67. The third-order valence-corrected chi connectivity index (χ3v) is 4.38. The molecule has 0 aliphatic heterocycles. The molecule has 2 aromatic rings. The van der Waals surface area contributed by atoms with Crippen molar-refractivity contribution in [3.05, 3.63) is 53.1 Å². The molecule has 0 aliphatic rings. The number of methoxy groups -OCH3 is 1. The van der Waals surface area contributed by atoms with Crippen LogP contribution in [0, 0.1) is 0 Å². The zero-order valence-corrected chi connectivity index (χ0v) is 15.9. The minimum absolute atomic E-state index is 0.141. The number of hydrogen-bond donors (Lipinski definition) is 2. The molecule has 1 heterocycles. The van der Waals surface area contributed by atoms with E-state index in [2.05, 4.69) is 9.72 Å². The van der Waals surface area contributed by atoms with Gasteiger partial charge in [-0.05, 0) is 18.2 Å². The molecule has 0 amide bonds. The lowest BCUT2D eigenvalue weighted by Gasteiger charge is -2.40. The van der Waals surface area contributed by atoms with Crippen LogP contribution in [0.3, 0.4) is 0 Å². The summed E-state index contributed by atoms with van der Waals surface area (Å²) in [5, 5.41) is 21.4. The Morgan fingerprint density at radius 1 is 1.28 bits per heavy atom. The highest BCUT2D eigenvalue weighted by Crippen LogP contribution is 2.46. The van der Waals surface area contributed by atoms with Gasteiger partial charge in [0.05, 0.1) is 12.7 Å². The minimum Gasteiger partial charge on any atom is -0.467 e. The van der Waals surface area contributed by atoms with Crippen molar-refractivity contribution in [1.29, 1.82) is 0 Å². The van der Waals surface area contributed by atoms with Gasteiger partial charge in [0.2, 0.25) is 5.60 Å². The second-order valence-corrected chi connectivity index (χ2v) is 6.44. The number of hydrogen-bond acceptors (Lipinski definition) is 7. The van der Waals surface area contributed by atoms with Gasteiger partial charge in [-0.1, -0.05) is 17.7 Å². The molecule has 1 aromatic heterocycles.